The fourth-order valence-corrected chi connectivity index (χ4v) is 5.60. The van der Waals surface area contributed by atoms with Crippen LogP contribution in [0.5, 0.6) is 0 Å². The lowest BCUT2D eigenvalue weighted by Gasteiger charge is -2.25. The molecule has 0 fully saturated rings. The summed E-state index contributed by atoms with van der Waals surface area (Å²) in [6, 6.07) is 0. The lowest BCUT2D eigenvalue weighted by molar-refractivity contribution is -0.156. The molecule has 7 nitrogen and oxygen atoms in total. The van der Waals surface area contributed by atoms with Crippen molar-refractivity contribution in [3.63, 3.8) is 0 Å². The fourth-order valence-electron chi connectivity index (χ4n) is 5.60. The molecule has 43 heavy (non-hydrogen) atoms. The molecule has 0 saturated carbocycles. The maximum absolute atomic E-state index is 11.8. The van der Waals surface area contributed by atoms with E-state index in [1.54, 1.807) is 0 Å². The predicted molar refractivity (Wildman–Crippen MR) is 177 cm³/mol. The third-order valence-electron chi connectivity index (χ3n) is 8.62. The Balaban J connectivity index is 3.27. The average molecular weight is 618 g/mol. The number of rotatable bonds is 34. The molecule has 0 spiro atoms. The van der Waals surface area contributed by atoms with E-state index < -0.39 is 43.6 Å². The van der Waals surface area contributed by atoms with Gasteiger partial charge in [0, 0.05) is 7.79 Å². The minimum atomic E-state index is -1.72. The number of carbonyl (C=O) groups is 1. The molecule has 0 saturated heterocycles. The van der Waals surface area contributed by atoms with Crippen LogP contribution in [0, 0.1) is 0 Å². The summed E-state index contributed by atoms with van der Waals surface area (Å²) in [4.78, 5) is 11.8. The van der Waals surface area contributed by atoms with E-state index in [1.165, 1.54) is 148 Å². The van der Waals surface area contributed by atoms with Crippen LogP contribution in [0.25, 0.3) is 0 Å². The number of hydrogen-bond acceptors (Lipinski definition) is 7. The summed E-state index contributed by atoms with van der Waals surface area (Å²) >= 11 is 0. The first-order chi connectivity index (χ1) is 21.4. The van der Waals surface area contributed by atoms with E-state index >= 15 is 0 Å². The zero-order valence-electron chi connectivity index (χ0n) is 28.8. The summed E-state index contributed by atoms with van der Waals surface area (Å²) in [5.74, 6) is -0.458. The largest absolute Gasteiger partial charge is 0.463 e. The highest BCUT2D eigenvalue weighted by molar-refractivity contribution is 5.69. The fraction of sp³-hybridized carbons (Fsp3) is 0.972. The molecule has 0 aromatic rings. The molecule has 258 valence electrons. The minimum Gasteiger partial charge on any atom is -0.463 e. The zero-order valence-corrected chi connectivity index (χ0v) is 27.8. The zero-order chi connectivity index (χ0) is 32.5. The second-order valence-corrected chi connectivity index (χ2v) is 12.8. The number of hydrogen-bond donors (Lipinski definition) is 5. The SMILES string of the molecule is [2H]CCCCCCCCCCCCCCCCCCCCCCCCCCCCCC(=O)OC[C@@H](O)[C@@H](O)[C@H](O)[C@@H](O)CO. The van der Waals surface area contributed by atoms with Crippen molar-refractivity contribution in [2.24, 2.45) is 0 Å². The van der Waals surface area contributed by atoms with Gasteiger partial charge in [0.1, 0.15) is 31.0 Å². The average Bonchev–Trinajstić information content (AvgIpc) is 3.03. The van der Waals surface area contributed by atoms with Crippen LogP contribution in [0.4, 0.5) is 0 Å². The van der Waals surface area contributed by atoms with E-state index in [9.17, 15) is 25.2 Å². The number of unbranched alkanes of at least 4 members (excludes halogenated alkanes) is 26. The highest BCUT2D eigenvalue weighted by atomic mass is 16.5. The van der Waals surface area contributed by atoms with E-state index in [4.69, 9.17) is 11.2 Å². The maximum Gasteiger partial charge on any atom is 0.305 e. The van der Waals surface area contributed by atoms with Crippen molar-refractivity contribution in [3.8, 4) is 0 Å². The minimum absolute atomic E-state index is 0.251. The van der Waals surface area contributed by atoms with Crippen LogP contribution in [-0.2, 0) is 9.53 Å². The Morgan fingerprint density at radius 1 is 0.512 bits per heavy atom. The van der Waals surface area contributed by atoms with Crippen LogP contribution in [0.3, 0.4) is 0 Å². The second-order valence-electron chi connectivity index (χ2n) is 12.8. The van der Waals surface area contributed by atoms with Gasteiger partial charge in [-0.25, -0.2) is 0 Å². The standard InChI is InChI=1S/C36H72O7/c1-2-3-4-5-6-7-8-9-10-11-12-13-14-15-16-17-18-19-20-21-22-23-24-25-26-27-28-29-34(40)43-31-33(39)36(42)35(41)32(38)30-37/h32-33,35-39,41-42H,2-31H2,1H3/t32-,33+,35+,36+/m0/s1/i1D. The van der Waals surface area contributed by atoms with Crippen LogP contribution in [-0.4, -0.2) is 69.1 Å². The first-order valence-corrected chi connectivity index (χ1v) is 18.2. The lowest BCUT2D eigenvalue weighted by Crippen LogP contribution is -2.47. The lowest BCUT2D eigenvalue weighted by atomic mass is 10.0. The van der Waals surface area contributed by atoms with Gasteiger partial charge in [-0.15, -0.1) is 0 Å². The highest BCUT2D eigenvalue weighted by Gasteiger charge is 2.30. The van der Waals surface area contributed by atoms with Crippen molar-refractivity contribution in [3.05, 3.63) is 0 Å². The first kappa shape index (κ1) is 40.3. The summed E-state index contributed by atoms with van der Waals surface area (Å²) in [5.41, 5.74) is 0. The van der Waals surface area contributed by atoms with Gasteiger partial charge in [-0.05, 0) is 6.42 Å². The second kappa shape index (κ2) is 32.7. The molecule has 0 aliphatic heterocycles. The quantitative estimate of drug-likeness (QED) is 0.0367. The van der Waals surface area contributed by atoms with Gasteiger partial charge < -0.3 is 30.3 Å². The Labute approximate surface area is 266 Å². The van der Waals surface area contributed by atoms with Crippen molar-refractivity contribution < 1.29 is 36.4 Å². The summed E-state index contributed by atoms with van der Waals surface area (Å²) in [7, 11) is 0. The van der Waals surface area contributed by atoms with Crippen molar-refractivity contribution in [1.29, 1.82) is 0 Å². The summed E-state index contributed by atoms with van der Waals surface area (Å²) < 4.78 is 12.1. The molecule has 5 N–H and O–H groups in total. The molecular formula is C36H72O7. The smallest absolute Gasteiger partial charge is 0.305 e. The predicted octanol–water partition coefficient (Wildman–Crippen LogP) is 7.91. The number of esters is 1. The van der Waals surface area contributed by atoms with Gasteiger partial charge in [-0.2, -0.15) is 0 Å². The normalized spacial score (nSPS) is 14.8. The van der Waals surface area contributed by atoms with Crippen LogP contribution >= 0.6 is 0 Å². The molecule has 4 atom stereocenters. The van der Waals surface area contributed by atoms with Gasteiger partial charge in [-0.3, -0.25) is 4.79 Å². The Morgan fingerprint density at radius 3 is 1.14 bits per heavy atom. The van der Waals surface area contributed by atoms with Crippen LogP contribution in [0.2, 0.25) is 0 Å². The van der Waals surface area contributed by atoms with Gasteiger partial charge in [0.15, 0.2) is 0 Å². The van der Waals surface area contributed by atoms with Gasteiger partial charge >= 0.3 is 5.97 Å². The number of ether oxygens (including phenoxy) is 1. The third-order valence-corrected chi connectivity index (χ3v) is 8.62. The molecule has 7 heteroatoms. The molecule has 0 amide bonds. The number of aliphatic hydroxyl groups is 5. The van der Waals surface area contributed by atoms with Gasteiger partial charge in [0.05, 0.1) is 6.61 Å². The van der Waals surface area contributed by atoms with E-state index in [-0.39, 0.29) is 6.42 Å². The van der Waals surface area contributed by atoms with Gasteiger partial charge in [0.25, 0.3) is 0 Å². The number of carbonyl (C=O) groups excluding carboxylic acids is 1. The Bertz CT molecular complexity index is 595. The molecule has 0 aromatic carbocycles. The van der Waals surface area contributed by atoms with E-state index in [2.05, 4.69) is 0 Å². The van der Waals surface area contributed by atoms with Crippen molar-refractivity contribution in [1.82, 2.24) is 0 Å². The number of aliphatic hydroxyl groups excluding tert-OH is 5. The third kappa shape index (κ3) is 28.5. The molecular weight excluding hydrogens is 544 g/mol. The molecule has 0 radical (unpaired) electrons. The summed E-state index contributed by atoms with van der Waals surface area (Å²) in [6.45, 7) is -0.614. The monoisotopic (exact) mass is 618 g/mol. The molecule has 0 heterocycles. The van der Waals surface area contributed by atoms with Crippen LogP contribution < -0.4 is 0 Å². The molecule has 0 aromatic heterocycles. The van der Waals surface area contributed by atoms with E-state index in [1.807, 2.05) is 0 Å². The van der Waals surface area contributed by atoms with Crippen molar-refractivity contribution in [2.75, 3.05) is 13.2 Å². The molecule has 0 rings (SSSR count). The molecule has 0 unspecified atom stereocenters. The van der Waals surface area contributed by atoms with Crippen molar-refractivity contribution in [2.45, 2.75) is 211 Å². The van der Waals surface area contributed by atoms with Gasteiger partial charge in [-0.1, -0.05) is 174 Å². The van der Waals surface area contributed by atoms with E-state index in [0.29, 0.717) is 6.90 Å². The Kier molecular flexibility index (Phi) is 30.6. The molecule has 0 aliphatic rings. The van der Waals surface area contributed by atoms with E-state index in [0.717, 1.165) is 25.7 Å². The van der Waals surface area contributed by atoms with Crippen LogP contribution in [0.15, 0.2) is 0 Å². The topological polar surface area (TPSA) is 127 Å². The Hall–Kier alpha value is -0.730. The maximum atomic E-state index is 11.8. The Morgan fingerprint density at radius 2 is 0.814 bits per heavy atom. The summed E-state index contributed by atoms with van der Waals surface area (Å²) in [6.07, 6.45) is 29.0. The molecule has 0 bridgehead atoms. The molecule has 0 aliphatic carbocycles. The first-order valence-electron chi connectivity index (χ1n) is 18.9. The van der Waals surface area contributed by atoms with Gasteiger partial charge in [0.2, 0.25) is 0 Å². The van der Waals surface area contributed by atoms with Crippen LogP contribution in [0.1, 0.15) is 188 Å². The van der Waals surface area contributed by atoms with Crippen molar-refractivity contribution >= 4 is 5.97 Å². The highest BCUT2D eigenvalue weighted by Crippen LogP contribution is 2.16. The summed E-state index contributed by atoms with van der Waals surface area (Å²) in [5, 5.41) is 47.2.